The van der Waals surface area contributed by atoms with E-state index in [9.17, 15) is 4.79 Å². The summed E-state index contributed by atoms with van der Waals surface area (Å²) in [5, 5.41) is 10.6. The van der Waals surface area contributed by atoms with Crippen molar-refractivity contribution in [1.82, 2.24) is 10.2 Å². The molecule has 1 saturated carbocycles. The van der Waals surface area contributed by atoms with Gasteiger partial charge in [-0.1, -0.05) is 31.9 Å². The van der Waals surface area contributed by atoms with Crippen molar-refractivity contribution in [2.24, 2.45) is 5.92 Å². The van der Waals surface area contributed by atoms with Crippen LogP contribution in [0.15, 0.2) is 24.3 Å². The first-order valence-corrected chi connectivity index (χ1v) is 8.73. The number of para-hydroxylation sites is 1. The molecule has 5 heteroatoms. The third kappa shape index (κ3) is 3.45. The van der Waals surface area contributed by atoms with Gasteiger partial charge in [-0.25, -0.2) is 0 Å². The van der Waals surface area contributed by atoms with Crippen LogP contribution < -0.4 is 10.1 Å². The molecule has 1 aromatic carbocycles. The summed E-state index contributed by atoms with van der Waals surface area (Å²) >= 11 is 0. The third-order valence-electron chi connectivity index (χ3n) is 4.77. The Morgan fingerprint density at radius 2 is 2.08 bits per heavy atom. The molecule has 1 aromatic heterocycles. The molecule has 2 aromatic rings. The summed E-state index contributed by atoms with van der Waals surface area (Å²) in [6.07, 6.45) is 6.20. The first-order valence-electron chi connectivity index (χ1n) is 8.73. The molecule has 24 heavy (non-hydrogen) atoms. The SMILES string of the molecule is CCc1[nH]nc(-c2ccccc2OC)c1NC(=O)CC1CCCC1. The fraction of sp³-hybridized carbons (Fsp3) is 0.474. The number of amides is 1. The number of hydrogen-bond acceptors (Lipinski definition) is 3. The molecule has 0 saturated heterocycles. The van der Waals surface area contributed by atoms with Gasteiger partial charge in [0, 0.05) is 12.0 Å². The van der Waals surface area contributed by atoms with Gasteiger partial charge in [-0.05, 0) is 37.3 Å². The number of aromatic nitrogens is 2. The average molecular weight is 327 g/mol. The van der Waals surface area contributed by atoms with Crippen molar-refractivity contribution in [3.05, 3.63) is 30.0 Å². The Morgan fingerprint density at radius 1 is 1.33 bits per heavy atom. The van der Waals surface area contributed by atoms with Gasteiger partial charge in [0.2, 0.25) is 5.91 Å². The highest BCUT2D eigenvalue weighted by Crippen LogP contribution is 2.36. The third-order valence-corrected chi connectivity index (χ3v) is 4.77. The van der Waals surface area contributed by atoms with Crippen LogP contribution in [0, 0.1) is 5.92 Å². The van der Waals surface area contributed by atoms with Gasteiger partial charge < -0.3 is 10.1 Å². The number of H-pyrrole nitrogens is 1. The molecule has 1 amide bonds. The molecule has 1 aliphatic rings. The van der Waals surface area contributed by atoms with Gasteiger partial charge >= 0.3 is 0 Å². The van der Waals surface area contributed by atoms with E-state index in [2.05, 4.69) is 15.5 Å². The summed E-state index contributed by atoms with van der Waals surface area (Å²) in [7, 11) is 1.64. The first kappa shape index (κ1) is 16.6. The van der Waals surface area contributed by atoms with Crippen LogP contribution in [0.3, 0.4) is 0 Å². The highest BCUT2D eigenvalue weighted by atomic mass is 16.5. The van der Waals surface area contributed by atoms with Crippen molar-refractivity contribution >= 4 is 11.6 Å². The maximum atomic E-state index is 12.5. The van der Waals surface area contributed by atoms with Crippen LogP contribution in [-0.4, -0.2) is 23.2 Å². The normalized spacial score (nSPS) is 14.8. The Labute approximate surface area is 142 Å². The molecule has 5 nitrogen and oxygen atoms in total. The number of aromatic amines is 1. The Kier molecular flexibility index (Phi) is 5.18. The second-order valence-electron chi connectivity index (χ2n) is 6.38. The van der Waals surface area contributed by atoms with Crippen LogP contribution in [0.4, 0.5) is 5.69 Å². The van der Waals surface area contributed by atoms with Gasteiger partial charge in [0.1, 0.15) is 11.4 Å². The van der Waals surface area contributed by atoms with Gasteiger partial charge in [-0.15, -0.1) is 0 Å². The summed E-state index contributed by atoms with van der Waals surface area (Å²) in [6, 6.07) is 7.73. The highest BCUT2D eigenvalue weighted by molar-refractivity contribution is 5.96. The molecule has 2 N–H and O–H groups in total. The second kappa shape index (κ2) is 7.51. The number of nitrogens with one attached hydrogen (secondary N) is 2. The lowest BCUT2D eigenvalue weighted by Crippen LogP contribution is -2.16. The zero-order valence-electron chi connectivity index (χ0n) is 14.4. The predicted octanol–water partition coefficient (Wildman–Crippen LogP) is 4.17. The molecule has 0 unspecified atom stereocenters. The molecule has 0 atom stereocenters. The van der Waals surface area contributed by atoms with Gasteiger partial charge in [0.25, 0.3) is 0 Å². The number of benzene rings is 1. The molecule has 1 fully saturated rings. The number of ether oxygens (including phenoxy) is 1. The van der Waals surface area contributed by atoms with E-state index in [0.717, 1.165) is 34.8 Å². The molecule has 0 aliphatic heterocycles. The summed E-state index contributed by atoms with van der Waals surface area (Å²) in [4.78, 5) is 12.5. The fourth-order valence-corrected chi connectivity index (χ4v) is 3.47. The number of nitrogens with zero attached hydrogens (tertiary/aromatic N) is 1. The Balaban J connectivity index is 1.86. The van der Waals surface area contributed by atoms with Crippen molar-refractivity contribution in [1.29, 1.82) is 0 Å². The van der Waals surface area contributed by atoms with Crippen molar-refractivity contribution in [2.45, 2.75) is 45.4 Å². The van der Waals surface area contributed by atoms with Gasteiger partial charge in [-0.3, -0.25) is 9.89 Å². The minimum absolute atomic E-state index is 0.0779. The van der Waals surface area contributed by atoms with Gasteiger partial charge in [-0.2, -0.15) is 5.10 Å². The van der Waals surface area contributed by atoms with E-state index in [1.807, 2.05) is 31.2 Å². The van der Waals surface area contributed by atoms with E-state index in [0.29, 0.717) is 12.3 Å². The van der Waals surface area contributed by atoms with E-state index in [-0.39, 0.29) is 5.91 Å². The van der Waals surface area contributed by atoms with Crippen molar-refractivity contribution in [3.8, 4) is 17.0 Å². The molecule has 0 bridgehead atoms. The van der Waals surface area contributed by atoms with E-state index < -0.39 is 0 Å². The maximum Gasteiger partial charge on any atom is 0.224 e. The van der Waals surface area contributed by atoms with Gasteiger partial charge in [0.15, 0.2) is 0 Å². The number of hydrogen-bond donors (Lipinski definition) is 2. The number of carbonyl (C=O) groups is 1. The molecule has 0 spiro atoms. The lowest BCUT2D eigenvalue weighted by atomic mass is 10.0. The van der Waals surface area contributed by atoms with Crippen LogP contribution in [-0.2, 0) is 11.2 Å². The highest BCUT2D eigenvalue weighted by Gasteiger charge is 2.22. The molecular weight excluding hydrogens is 302 g/mol. The molecular formula is C19H25N3O2. The molecule has 3 rings (SSSR count). The molecule has 1 aliphatic carbocycles. The van der Waals surface area contributed by atoms with E-state index in [4.69, 9.17) is 4.74 Å². The summed E-state index contributed by atoms with van der Waals surface area (Å²) < 4.78 is 5.44. The van der Waals surface area contributed by atoms with E-state index >= 15 is 0 Å². The van der Waals surface area contributed by atoms with E-state index in [1.165, 1.54) is 25.7 Å². The number of anilines is 1. The lowest BCUT2D eigenvalue weighted by molar-refractivity contribution is -0.117. The minimum atomic E-state index is 0.0779. The smallest absolute Gasteiger partial charge is 0.224 e. The van der Waals surface area contributed by atoms with Crippen molar-refractivity contribution in [3.63, 3.8) is 0 Å². The van der Waals surface area contributed by atoms with Crippen LogP contribution in [0.2, 0.25) is 0 Å². The number of methoxy groups -OCH3 is 1. The summed E-state index contributed by atoms with van der Waals surface area (Å²) in [5.41, 5.74) is 3.34. The van der Waals surface area contributed by atoms with Crippen LogP contribution >= 0.6 is 0 Å². The van der Waals surface area contributed by atoms with Crippen molar-refractivity contribution < 1.29 is 9.53 Å². The van der Waals surface area contributed by atoms with Crippen LogP contribution in [0.25, 0.3) is 11.3 Å². The molecule has 0 radical (unpaired) electrons. The zero-order valence-corrected chi connectivity index (χ0v) is 14.4. The van der Waals surface area contributed by atoms with Crippen LogP contribution in [0.5, 0.6) is 5.75 Å². The Hall–Kier alpha value is -2.30. The largest absolute Gasteiger partial charge is 0.496 e. The first-order chi connectivity index (χ1) is 11.7. The Morgan fingerprint density at radius 3 is 2.79 bits per heavy atom. The molecule has 1 heterocycles. The van der Waals surface area contributed by atoms with Crippen LogP contribution in [0.1, 0.15) is 44.7 Å². The standard InChI is InChI=1S/C19H25N3O2/c1-3-15-19(20-17(23)12-13-8-4-5-9-13)18(22-21-15)14-10-6-7-11-16(14)24-2/h6-7,10-11,13H,3-5,8-9,12H2,1-2H3,(H,20,23)(H,21,22). The molecule has 128 valence electrons. The number of aryl methyl sites for hydroxylation is 1. The predicted molar refractivity (Wildman–Crippen MR) is 95.2 cm³/mol. The zero-order chi connectivity index (χ0) is 16.9. The second-order valence-corrected chi connectivity index (χ2v) is 6.38. The number of rotatable bonds is 6. The average Bonchev–Trinajstić information content (AvgIpc) is 3.24. The van der Waals surface area contributed by atoms with Gasteiger partial charge in [0.05, 0.1) is 18.5 Å². The monoisotopic (exact) mass is 327 g/mol. The lowest BCUT2D eigenvalue weighted by Gasteiger charge is -2.12. The Bertz CT molecular complexity index is 702. The summed E-state index contributed by atoms with van der Waals surface area (Å²) in [5.74, 6) is 1.35. The quantitative estimate of drug-likeness (QED) is 0.837. The van der Waals surface area contributed by atoms with E-state index in [1.54, 1.807) is 7.11 Å². The minimum Gasteiger partial charge on any atom is -0.496 e. The fourth-order valence-electron chi connectivity index (χ4n) is 3.47. The number of carbonyl (C=O) groups excluding carboxylic acids is 1. The summed E-state index contributed by atoms with van der Waals surface area (Å²) in [6.45, 7) is 2.05. The maximum absolute atomic E-state index is 12.5. The topological polar surface area (TPSA) is 67.0 Å². The van der Waals surface area contributed by atoms with Crippen molar-refractivity contribution in [2.75, 3.05) is 12.4 Å².